The quantitative estimate of drug-likeness (QED) is 0.243. The molecule has 0 atom stereocenters. The van der Waals surface area contributed by atoms with Gasteiger partial charge < -0.3 is 33.7 Å². The molecule has 0 bridgehead atoms. The largest absolute Gasteiger partial charge is 0.445 e. The van der Waals surface area contributed by atoms with E-state index >= 15 is 0 Å². The van der Waals surface area contributed by atoms with E-state index in [1.807, 2.05) is 30.3 Å². The van der Waals surface area contributed by atoms with Crippen molar-refractivity contribution in [2.75, 3.05) is 72.6 Å². The van der Waals surface area contributed by atoms with Crippen molar-refractivity contribution in [3.8, 4) is 0 Å². The lowest BCUT2D eigenvalue weighted by atomic mass is 10.2. The summed E-state index contributed by atoms with van der Waals surface area (Å²) in [5.74, 6) is 0. The van der Waals surface area contributed by atoms with E-state index in [0.717, 1.165) is 18.6 Å². The Morgan fingerprint density at radius 3 is 1.76 bits per heavy atom. The van der Waals surface area contributed by atoms with Gasteiger partial charge in [0.1, 0.15) is 6.61 Å². The van der Waals surface area contributed by atoms with Crippen LogP contribution in [-0.2, 0) is 35.0 Å². The summed E-state index contributed by atoms with van der Waals surface area (Å²) in [5, 5.41) is 2.65. The third-order valence-electron chi connectivity index (χ3n) is 4.61. The highest BCUT2D eigenvalue weighted by molar-refractivity contribution is 5.67. The van der Waals surface area contributed by atoms with Gasteiger partial charge in [-0.2, -0.15) is 0 Å². The Morgan fingerprint density at radius 1 is 0.667 bits per heavy atom. The summed E-state index contributed by atoms with van der Waals surface area (Å²) in [5.41, 5.74) is 0.950. The molecular weight excluding hydrogens is 426 g/mol. The van der Waals surface area contributed by atoms with E-state index in [1.54, 1.807) is 0 Å². The van der Waals surface area contributed by atoms with Crippen molar-refractivity contribution in [1.29, 1.82) is 0 Å². The first-order chi connectivity index (χ1) is 16.3. The Balaban J connectivity index is 1.70. The van der Waals surface area contributed by atoms with Gasteiger partial charge in [0.15, 0.2) is 0 Å². The predicted molar refractivity (Wildman–Crippen MR) is 127 cm³/mol. The van der Waals surface area contributed by atoms with Gasteiger partial charge in [-0.15, -0.1) is 0 Å². The molecule has 0 aliphatic heterocycles. The number of alkyl carbamates (subject to hydrolysis) is 1. The van der Waals surface area contributed by atoms with Gasteiger partial charge in [-0.25, -0.2) is 4.79 Å². The van der Waals surface area contributed by atoms with Crippen LogP contribution in [0.4, 0.5) is 4.79 Å². The molecule has 1 amide bonds. The molecule has 1 aromatic carbocycles. The fourth-order valence-electron chi connectivity index (χ4n) is 2.79. The van der Waals surface area contributed by atoms with Gasteiger partial charge in [0.05, 0.1) is 59.5 Å². The molecule has 0 aliphatic rings. The molecule has 8 nitrogen and oxygen atoms in total. The van der Waals surface area contributed by atoms with Crippen molar-refractivity contribution in [3.05, 3.63) is 35.9 Å². The van der Waals surface area contributed by atoms with E-state index in [2.05, 4.69) is 12.2 Å². The molecule has 33 heavy (non-hydrogen) atoms. The summed E-state index contributed by atoms with van der Waals surface area (Å²) in [6.45, 7) is 8.41. The van der Waals surface area contributed by atoms with Crippen LogP contribution in [0.1, 0.15) is 44.6 Å². The zero-order chi connectivity index (χ0) is 23.7. The van der Waals surface area contributed by atoms with Gasteiger partial charge >= 0.3 is 6.09 Å². The Bertz CT molecular complexity index is 545. The molecule has 0 heterocycles. The maximum Gasteiger partial charge on any atom is 0.407 e. The smallest absolute Gasteiger partial charge is 0.407 e. The fraction of sp³-hybridized carbons (Fsp3) is 0.720. The molecule has 0 aliphatic carbocycles. The van der Waals surface area contributed by atoms with Crippen molar-refractivity contribution in [2.24, 2.45) is 0 Å². The third-order valence-corrected chi connectivity index (χ3v) is 4.61. The molecule has 0 unspecified atom stereocenters. The van der Waals surface area contributed by atoms with Crippen LogP contribution >= 0.6 is 0 Å². The van der Waals surface area contributed by atoms with Crippen LogP contribution in [0.3, 0.4) is 0 Å². The highest BCUT2D eigenvalue weighted by atomic mass is 16.6. The van der Waals surface area contributed by atoms with Gasteiger partial charge in [-0.1, -0.05) is 62.9 Å². The number of nitrogens with one attached hydrogen (secondary N) is 1. The van der Waals surface area contributed by atoms with Gasteiger partial charge in [-0.05, 0) is 12.0 Å². The molecule has 0 saturated heterocycles. The minimum atomic E-state index is -0.454. The molecule has 1 rings (SSSR count). The van der Waals surface area contributed by atoms with Crippen molar-refractivity contribution in [3.63, 3.8) is 0 Å². The number of hydrogen-bond acceptors (Lipinski definition) is 7. The predicted octanol–water partition coefficient (Wildman–Crippen LogP) is 3.97. The summed E-state index contributed by atoms with van der Waals surface area (Å²) >= 11 is 0. The number of ether oxygens (including phenoxy) is 6. The zero-order valence-electron chi connectivity index (χ0n) is 20.3. The highest BCUT2D eigenvalue weighted by Gasteiger charge is 2.01. The number of unbranched alkanes of at least 4 members (excludes halogenated alkanes) is 4. The third kappa shape index (κ3) is 20.6. The summed E-state index contributed by atoms with van der Waals surface area (Å²) in [6.07, 6.45) is 5.82. The monoisotopic (exact) mass is 469 g/mol. The number of benzene rings is 1. The second-order valence-corrected chi connectivity index (χ2v) is 7.46. The molecule has 0 saturated carbocycles. The second kappa shape index (κ2) is 23.4. The number of carbonyl (C=O) groups excluding carboxylic acids is 1. The van der Waals surface area contributed by atoms with Crippen LogP contribution in [0, 0.1) is 0 Å². The number of carbonyl (C=O) groups is 1. The maximum atomic E-state index is 11.6. The van der Waals surface area contributed by atoms with E-state index in [1.165, 1.54) is 25.7 Å². The standard InChI is InChI=1S/C25H43NO7/c1-2-3-4-5-9-13-28-15-17-30-19-21-32-22-20-31-18-16-29-14-12-26-25(27)33-23-24-10-7-6-8-11-24/h6-8,10-11H,2-5,9,12-23H2,1H3,(H,26,27). The first-order valence-electron chi connectivity index (χ1n) is 12.2. The van der Waals surface area contributed by atoms with Crippen LogP contribution in [0.5, 0.6) is 0 Å². The topological polar surface area (TPSA) is 84.5 Å². The maximum absolute atomic E-state index is 11.6. The second-order valence-electron chi connectivity index (χ2n) is 7.46. The molecule has 0 aromatic heterocycles. The molecule has 190 valence electrons. The van der Waals surface area contributed by atoms with Crippen LogP contribution in [0.25, 0.3) is 0 Å². The van der Waals surface area contributed by atoms with Gasteiger partial charge in [0.2, 0.25) is 0 Å². The zero-order valence-corrected chi connectivity index (χ0v) is 20.3. The lowest BCUT2D eigenvalue weighted by Gasteiger charge is -2.09. The van der Waals surface area contributed by atoms with E-state index in [4.69, 9.17) is 28.4 Å². The molecule has 8 heteroatoms. The fourth-order valence-corrected chi connectivity index (χ4v) is 2.79. The molecule has 0 radical (unpaired) electrons. The number of rotatable bonds is 23. The van der Waals surface area contributed by atoms with Crippen LogP contribution in [0.2, 0.25) is 0 Å². The summed E-state index contributed by atoms with van der Waals surface area (Å²) in [4.78, 5) is 11.6. The highest BCUT2D eigenvalue weighted by Crippen LogP contribution is 2.02. The minimum Gasteiger partial charge on any atom is -0.445 e. The Hall–Kier alpha value is -1.71. The molecule has 0 fully saturated rings. The number of hydrogen-bond donors (Lipinski definition) is 1. The van der Waals surface area contributed by atoms with Crippen molar-refractivity contribution < 1.29 is 33.2 Å². The van der Waals surface area contributed by atoms with E-state index < -0.39 is 6.09 Å². The Labute approximate surface area is 199 Å². The summed E-state index contributed by atoms with van der Waals surface area (Å²) < 4.78 is 32.4. The molecule has 1 aromatic rings. The van der Waals surface area contributed by atoms with Gasteiger partial charge in [0.25, 0.3) is 0 Å². The van der Waals surface area contributed by atoms with E-state index in [-0.39, 0.29) is 6.61 Å². The van der Waals surface area contributed by atoms with Crippen molar-refractivity contribution in [2.45, 2.75) is 45.6 Å². The van der Waals surface area contributed by atoms with Crippen LogP contribution < -0.4 is 5.32 Å². The lowest BCUT2D eigenvalue weighted by molar-refractivity contribution is -0.0110. The number of amides is 1. The average Bonchev–Trinajstić information content (AvgIpc) is 2.84. The normalized spacial score (nSPS) is 10.9. The SMILES string of the molecule is CCCCCCCOCCOCCOCCOCCOCCNC(=O)OCc1ccccc1. The Morgan fingerprint density at radius 2 is 1.18 bits per heavy atom. The van der Waals surface area contributed by atoms with Crippen LogP contribution in [0.15, 0.2) is 30.3 Å². The van der Waals surface area contributed by atoms with E-state index in [0.29, 0.717) is 66.0 Å². The van der Waals surface area contributed by atoms with Gasteiger partial charge in [0, 0.05) is 13.2 Å². The minimum absolute atomic E-state index is 0.253. The van der Waals surface area contributed by atoms with Crippen LogP contribution in [-0.4, -0.2) is 78.7 Å². The molecule has 0 spiro atoms. The molecule has 1 N–H and O–H groups in total. The van der Waals surface area contributed by atoms with Crippen molar-refractivity contribution >= 4 is 6.09 Å². The molecular formula is C25H43NO7. The Kier molecular flexibility index (Phi) is 20.8. The van der Waals surface area contributed by atoms with Crippen molar-refractivity contribution in [1.82, 2.24) is 5.32 Å². The first-order valence-corrected chi connectivity index (χ1v) is 12.2. The van der Waals surface area contributed by atoms with E-state index in [9.17, 15) is 4.79 Å². The lowest BCUT2D eigenvalue weighted by Crippen LogP contribution is -2.28. The first kappa shape index (κ1) is 29.3. The average molecular weight is 470 g/mol. The van der Waals surface area contributed by atoms with Gasteiger partial charge in [-0.3, -0.25) is 0 Å². The summed E-state index contributed by atoms with van der Waals surface area (Å²) in [6, 6.07) is 9.54. The summed E-state index contributed by atoms with van der Waals surface area (Å²) in [7, 11) is 0.